The third-order valence-electron chi connectivity index (χ3n) is 4.70. The number of rotatable bonds is 5. The van der Waals surface area contributed by atoms with Crippen molar-refractivity contribution in [3.05, 3.63) is 81.2 Å². The molecule has 2 aromatic carbocycles. The van der Waals surface area contributed by atoms with Gasteiger partial charge in [-0.05, 0) is 42.8 Å². The molecule has 1 amide bonds. The van der Waals surface area contributed by atoms with Crippen LogP contribution in [0.5, 0.6) is 0 Å². The predicted octanol–water partition coefficient (Wildman–Crippen LogP) is 4.61. The molecule has 0 aliphatic carbocycles. The number of hydrogen-bond donors (Lipinski definition) is 2. The Kier molecular flexibility index (Phi) is 6.07. The number of amides is 1. The number of halogens is 2. The molecule has 162 valence electrons. The molecule has 8 nitrogen and oxygen atoms in total. The summed E-state index contributed by atoms with van der Waals surface area (Å²) in [6.07, 6.45) is 1.41. The van der Waals surface area contributed by atoms with Crippen molar-refractivity contribution in [2.75, 3.05) is 10.6 Å². The van der Waals surface area contributed by atoms with Crippen LogP contribution < -0.4 is 16.2 Å². The van der Waals surface area contributed by atoms with Crippen LogP contribution in [0.15, 0.2) is 59.5 Å². The van der Waals surface area contributed by atoms with E-state index >= 15 is 0 Å². The lowest BCUT2D eigenvalue weighted by molar-refractivity contribution is -0.114. The summed E-state index contributed by atoms with van der Waals surface area (Å²) in [5.74, 6) is 0.443. The lowest BCUT2D eigenvalue weighted by Gasteiger charge is -2.21. The molecule has 0 spiro atoms. The Labute approximate surface area is 193 Å². The fourth-order valence-corrected chi connectivity index (χ4v) is 3.73. The van der Waals surface area contributed by atoms with Gasteiger partial charge in [0.05, 0.1) is 33.9 Å². The van der Waals surface area contributed by atoms with Crippen LogP contribution in [0, 0.1) is 0 Å². The van der Waals surface area contributed by atoms with E-state index in [1.165, 1.54) is 17.7 Å². The van der Waals surface area contributed by atoms with Crippen LogP contribution in [0.3, 0.4) is 0 Å². The fourth-order valence-electron chi connectivity index (χ4n) is 3.35. The predicted molar refractivity (Wildman–Crippen MR) is 126 cm³/mol. The van der Waals surface area contributed by atoms with Gasteiger partial charge in [-0.15, -0.1) is 0 Å². The standard InChI is InChI=1S/C22H18Cl2N6O2/c1-12(26-19-17(27-13(2)31)11-25-22(24)29-19)20-28-16-10-6-9-15(23)18(16)21(32)30(20)14-7-4-3-5-8-14/h3-12H,1-2H3,(H,27,31)(H,25,26,29)/t12-/m1/s1. The summed E-state index contributed by atoms with van der Waals surface area (Å²) in [6, 6.07) is 13.8. The van der Waals surface area contributed by atoms with E-state index in [1.807, 2.05) is 37.3 Å². The third kappa shape index (κ3) is 4.28. The van der Waals surface area contributed by atoms with E-state index in [0.29, 0.717) is 38.9 Å². The number of fused-ring (bicyclic) bond motifs is 1. The van der Waals surface area contributed by atoms with E-state index in [1.54, 1.807) is 18.2 Å². The van der Waals surface area contributed by atoms with Gasteiger partial charge >= 0.3 is 0 Å². The van der Waals surface area contributed by atoms with Gasteiger partial charge in [-0.25, -0.2) is 9.97 Å². The molecule has 4 rings (SSSR count). The Morgan fingerprint density at radius 2 is 1.81 bits per heavy atom. The van der Waals surface area contributed by atoms with E-state index in [4.69, 9.17) is 28.2 Å². The highest BCUT2D eigenvalue weighted by molar-refractivity contribution is 6.35. The van der Waals surface area contributed by atoms with Gasteiger partial charge in [0, 0.05) is 6.92 Å². The minimum absolute atomic E-state index is 0.00695. The van der Waals surface area contributed by atoms with Gasteiger partial charge < -0.3 is 10.6 Å². The van der Waals surface area contributed by atoms with Crippen molar-refractivity contribution in [1.29, 1.82) is 0 Å². The zero-order chi connectivity index (χ0) is 22.8. The molecule has 0 aliphatic heterocycles. The molecule has 32 heavy (non-hydrogen) atoms. The zero-order valence-electron chi connectivity index (χ0n) is 17.1. The summed E-state index contributed by atoms with van der Waals surface area (Å²) in [6.45, 7) is 3.20. The van der Waals surface area contributed by atoms with Gasteiger partial charge in [-0.1, -0.05) is 35.9 Å². The van der Waals surface area contributed by atoms with E-state index in [2.05, 4.69) is 20.6 Å². The second-order valence-electron chi connectivity index (χ2n) is 7.03. The maximum absolute atomic E-state index is 13.5. The van der Waals surface area contributed by atoms with Gasteiger partial charge in [-0.3, -0.25) is 14.2 Å². The average molecular weight is 469 g/mol. The highest BCUT2D eigenvalue weighted by atomic mass is 35.5. The van der Waals surface area contributed by atoms with Crippen molar-refractivity contribution in [1.82, 2.24) is 19.5 Å². The fraction of sp³-hybridized carbons (Fsp3) is 0.136. The Bertz CT molecular complexity index is 1370. The summed E-state index contributed by atoms with van der Waals surface area (Å²) in [5, 5.41) is 6.51. The normalized spacial score (nSPS) is 11.9. The number of aromatic nitrogens is 4. The molecule has 0 saturated heterocycles. The highest BCUT2D eigenvalue weighted by Crippen LogP contribution is 2.27. The van der Waals surface area contributed by atoms with Gasteiger partial charge in [0.25, 0.3) is 5.56 Å². The third-order valence-corrected chi connectivity index (χ3v) is 5.19. The smallest absolute Gasteiger partial charge is 0.267 e. The number of carbonyl (C=O) groups is 1. The van der Waals surface area contributed by atoms with E-state index < -0.39 is 6.04 Å². The van der Waals surface area contributed by atoms with Crippen molar-refractivity contribution < 1.29 is 4.79 Å². The maximum Gasteiger partial charge on any atom is 0.267 e. The minimum atomic E-state index is -0.509. The number of nitrogens with zero attached hydrogens (tertiary/aromatic N) is 4. The molecule has 2 heterocycles. The number of benzene rings is 2. The van der Waals surface area contributed by atoms with E-state index in [0.717, 1.165) is 0 Å². The molecule has 2 N–H and O–H groups in total. The molecule has 0 saturated carbocycles. The van der Waals surface area contributed by atoms with Crippen LogP contribution in [0.2, 0.25) is 10.3 Å². The van der Waals surface area contributed by atoms with Crippen LogP contribution in [-0.4, -0.2) is 25.4 Å². The van der Waals surface area contributed by atoms with Crippen LogP contribution in [0.4, 0.5) is 11.5 Å². The van der Waals surface area contributed by atoms with Crippen molar-refractivity contribution in [2.24, 2.45) is 0 Å². The second-order valence-corrected chi connectivity index (χ2v) is 7.77. The topological polar surface area (TPSA) is 102 Å². The molecule has 1 atom stereocenters. The number of anilines is 2. The van der Waals surface area contributed by atoms with Gasteiger partial charge in [-0.2, -0.15) is 4.98 Å². The van der Waals surface area contributed by atoms with Crippen molar-refractivity contribution >= 4 is 51.5 Å². The van der Waals surface area contributed by atoms with Crippen LogP contribution >= 0.6 is 23.2 Å². The summed E-state index contributed by atoms with van der Waals surface area (Å²) >= 11 is 12.3. The molecule has 0 unspecified atom stereocenters. The second kappa shape index (κ2) is 8.94. The number of nitrogens with one attached hydrogen (secondary N) is 2. The number of hydrogen-bond acceptors (Lipinski definition) is 6. The Morgan fingerprint density at radius 3 is 2.53 bits per heavy atom. The van der Waals surface area contributed by atoms with Gasteiger partial charge in [0.2, 0.25) is 11.2 Å². The van der Waals surface area contributed by atoms with Crippen molar-refractivity contribution in [3.63, 3.8) is 0 Å². The SMILES string of the molecule is CC(=O)Nc1cnc(Cl)nc1N[C@H](C)c1nc2cccc(Cl)c2c(=O)n1-c1ccccc1. The first-order valence-corrected chi connectivity index (χ1v) is 10.4. The Hall–Kier alpha value is -3.49. The van der Waals surface area contributed by atoms with Crippen LogP contribution in [0.1, 0.15) is 25.7 Å². The maximum atomic E-state index is 13.5. The lowest BCUT2D eigenvalue weighted by atomic mass is 10.2. The van der Waals surface area contributed by atoms with E-state index in [9.17, 15) is 9.59 Å². The molecule has 0 bridgehead atoms. The molecule has 4 aromatic rings. The summed E-state index contributed by atoms with van der Waals surface area (Å²) in [7, 11) is 0. The van der Waals surface area contributed by atoms with Crippen molar-refractivity contribution in [2.45, 2.75) is 19.9 Å². The summed E-state index contributed by atoms with van der Waals surface area (Å²) in [5.41, 5.74) is 1.17. The molecule has 10 heteroatoms. The quantitative estimate of drug-likeness (QED) is 0.414. The Morgan fingerprint density at radius 1 is 1.06 bits per heavy atom. The zero-order valence-corrected chi connectivity index (χ0v) is 18.6. The first-order valence-electron chi connectivity index (χ1n) is 9.68. The van der Waals surface area contributed by atoms with Gasteiger partial charge in [0.1, 0.15) is 11.5 Å². The van der Waals surface area contributed by atoms with Crippen molar-refractivity contribution in [3.8, 4) is 5.69 Å². The molecule has 0 radical (unpaired) electrons. The molecule has 2 aromatic heterocycles. The first-order chi connectivity index (χ1) is 15.3. The molecule has 0 aliphatic rings. The first kappa shape index (κ1) is 21.7. The minimum Gasteiger partial charge on any atom is -0.359 e. The molecular weight excluding hydrogens is 451 g/mol. The molecular formula is C22H18Cl2N6O2. The number of para-hydroxylation sites is 1. The van der Waals surface area contributed by atoms with Crippen LogP contribution in [0.25, 0.3) is 16.6 Å². The van der Waals surface area contributed by atoms with E-state index in [-0.39, 0.29) is 16.8 Å². The number of carbonyl (C=O) groups excluding carboxylic acids is 1. The lowest BCUT2D eigenvalue weighted by Crippen LogP contribution is -2.27. The monoisotopic (exact) mass is 468 g/mol. The molecule has 0 fully saturated rings. The van der Waals surface area contributed by atoms with Crippen LogP contribution in [-0.2, 0) is 4.79 Å². The average Bonchev–Trinajstić information content (AvgIpc) is 2.75. The highest BCUT2D eigenvalue weighted by Gasteiger charge is 2.21. The summed E-state index contributed by atoms with van der Waals surface area (Å²) < 4.78 is 1.51. The largest absolute Gasteiger partial charge is 0.359 e. The Balaban J connectivity index is 1.89. The van der Waals surface area contributed by atoms with Gasteiger partial charge in [0.15, 0.2) is 5.82 Å². The summed E-state index contributed by atoms with van der Waals surface area (Å²) in [4.78, 5) is 37.9.